The van der Waals surface area contributed by atoms with E-state index in [2.05, 4.69) is 6.58 Å². The minimum Gasteiger partial charge on any atom is -0.448 e. The molecule has 0 aromatic heterocycles. The van der Waals surface area contributed by atoms with Crippen LogP contribution in [0.4, 0.5) is 0 Å². The molecular weight excluding hydrogens is 156 g/mol. The molecule has 68 valence electrons. The fraction of sp³-hybridized carbons (Fsp3) is 0.556. The maximum absolute atomic E-state index is 11.0. The van der Waals surface area contributed by atoms with Crippen molar-refractivity contribution in [3.05, 3.63) is 12.2 Å². The number of hydrogen-bond donors (Lipinski definition) is 0. The summed E-state index contributed by atoms with van der Waals surface area (Å²) in [5, 5.41) is 0. The van der Waals surface area contributed by atoms with Gasteiger partial charge in [0.05, 0.1) is 0 Å². The van der Waals surface area contributed by atoms with Gasteiger partial charge >= 0.3 is 5.97 Å². The molecule has 0 unspecified atom stereocenters. The van der Waals surface area contributed by atoms with E-state index in [0.717, 1.165) is 0 Å². The molecule has 0 aliphatic heterocycles. The van der Waals surface area contributed by atoms with Gasteiger partial charge in [-0.3, -0.25) is 4.79 Å². The van der Waals surface area contributed by atoms with Gasteiger partial charge in [-0.25, -0.2) is 4.79 Å². The van der Waals surface area contributed by atoms with Crippen molar-refractivity contribution in [2.45, 2.75) is 33.3 Å². The Kier molecular flexibility index (Phi) is 3.19. The topological polar surface area (TPSA) is 43.4 Å². The first kappa shape index (κ1) is 10.9. The monoisotopic (exact) mass is 170 g/mol. The van der Waals surface area contributed by atoms with Crippen LogP contribution in [0.1, 0.15) is 27.7 Å². The molecule has 0 aliphatic rings. The Bertz CT molecular complexity index is 226. The van der Waals surface area contributed by atoms with Gasteiger partial charge in [0.25, 0.3) is 0 Å². The number of ketones is 1. The van der Waals surface area contributed by atoms with Crippen molar-refractivity contribution in [1.29, 1.82) is 0 Å². The minimum absolute atomic E-state index is 0.183. The lowest BCUT2D eigenvalue weighted by atomic mass is 10.1. The van der Waals surface area contributed by atoms with E-state index in [4.69, 9.17) is 4.74 Å². The van der Waals surface area contributed by atoms with Crippen LogP contribution in [-0.4, -0.2) is 17.4 Å². The van der Waals surface area contributed by atoms with Gasteiger partial charge in [-0.05, 0) is 27.7 Å². The van der Waals surface area contributed by atoms with Crippen LogP contribution in [-0.2, 0) is 14.3 Å². The molecule has 0 spiro atoms. The van der Waals surface area contributed by atoms with E-state index < -0.39 is 11.6 Å². The Labute approximate surface area is 72.4 Å². The zero-order valence-electron chi connectivity index (χ0n) is 7.93. The second-order valence-electron chi connectivity index (χ2n) is 3.24. The SMILES string of the molecule is C=C(C)C(=O)OC(C)(C)C(C)=O. The Hall–Kier alpha value is -1.12. The highest BCUT2D eigenvalue weighted by molar-refractivity contribution is 5.92. The summed E-state index contributed by atoms with van der Waals surface area (Å²) in [4.78, 5) is 21.9. The highest BCUT2D eigenvalue weighted by atomic mass is 16.6. The second-order valence-corrected chi connectivity index (χ2v) is 3.24. The Morgan fingerprint density at radius 3 is 1.92 bits per heavy atom. The lowest BCUT2D eigenvalue weighted by Crippen LogP contribution is -2.35. The lowest BCUT2D eigenvalue weighted by Gasteiger charge is -2.21. The van der Waals surface area contributed by atoms with Crippen molar-refractivity contribution in [2.24, 2.45) is 0 Å². The largest absolute Gasteiger partial charge is 0.448 e. The Morgan fingerprint density at radius 2 is 1.67 bits per heavy atom. The van der Waals surface area contributed by atoms with E-state index >= 15 is 0 Å². The lowest BCUT2D eigenvalue weighted by molar-refractivity contribution is -0.159. The maximum atomic E-state index is 11.0. The highest BCUT2D eigenvalue weighted by Crippen LogP contribution is 2.12. The first-order chi connectivity index (χ1) is 5.27. The molecule has 3 nitrogen and oxygen atoms in total. The summed E-state index contributed by atoms with van der Waals surface area (Å²) < 4.78 is 4.87. The Balaban J connectivity index is 4.35. The molecule has 0 amide bonds. The third-order valence-electron chi connectivity index (χ3n) is 1.54. The molecule has 0 heterocycles. The number of hydrogen-bond acceptors (Lipinski definition) is 3. The number of esters is 1. The van der Waals surface area contributed by atoms with Crippen molar-refractivity contribution in [3.8, 4) is 0 Å². The van der Waals surface area contributed by atoms with Crippen LogP contribution in [0.15, 0.2) is 12.2 Å². The molecule has 0 radical (unpaired) electrons. The van der Waals surface area contributed by atoms with E-state index in [-0.39, 0.29) is 5.78 Å². The van der Waals surface area contributed by atoms with Gasteiger partial charge in [0, 0.05) is 5.57 Å². The van der Waals surface area contributed by atoms with Crippen molar-refractivity contribution in [3.63, 3.8) is 0 Å². The van der Waals surface area contributed by atoms with E-state index in [1.165, 1.54) is 6.92 Å². The normalized spacial score (nSPS) is 10.7. The number of ether oxygens (including phenoxy) is 1. The molecule has 0 aromatic carbocycles. The number of rotatable bonds is 3. The molecule has 0 saturated carbocycles. The fourth-order valence-electron chi connectivity index (χ4n) is 0.391. The number of carbonyl (C=O) groups is 2. The summed E-state index contributed by atoms with van der Waals surface area (Å²) in [5.74, 6) is -0.715. The minimum atomic E-state index is -1.05. The number of carbonyl (C=O) groups excluding carboxylic acids is 2. The molecule has 3 heteroatoms. The van der Waals surface area contributed by atoms with Crippen LogP contribution < -0.4 is 0 Å². The van der Waals surface area contributed by atoms with Crippen LogP contribution >= 0.6 is 0 Å². The molecule has 0 atom stereocenters. The average Bonchev–Trinajstić information content (AvgIpc) is 1.85. The van der Waals surface area contributed by atoms with E-state index in [1.54, 1.807) is 20.8 Å². The summed E-state index contributed by atoms with van der Waals surface area (Å²) in [6, 6.07) is 0. The van der Waals surface area contributed by atoms with Crippen LogP contribution in [0.3, 0.4) is 0 Å². The smallest absolute Gasteiger partial charge is 0.334 e. The summed E-state index contributed by atoms with van der Waals surface area (Å²) >= 11 is 0. The number of Topliss-reactive ketones (excluding diaryl/α,β-unsaturated/α-hetero) is 1. The zero-order valence-corrected chi connectivity index (χ0v) is 7.93. The van der Waals surface area contributed by atoms with Gasteiger partial charge < -0.3 is 4.74 Å². The first-order valence-electron chi connectivity index (χ1n) is 3.67. The highest BCUT2D eigenvalue weighted by Gasteiger charge is 2.28. The van der Waals surface area contributed by atoms with Crippen LogP contribution in [0.25, 0.3) is 0 Å². The predicted molar refractivity (Wildman–Crippen MR) is 45.7 cm³/mol. The van der Waals surface area contributed by atoms with E-state index in [9.17, 15) is 9.59 Å². The molecule has 0 aliphatic carbocycles. The molecule has 0 fully saturated rings. The summed E-state index contributed by atoms with van der Waals surface area (Å²) in [6.07, 6.45) is 0. The van der Waals surface area contributed by atoms with Crippen LogP contribution in [0.2, 0.25) is 0 Å². The van der Waals surface area contributed by atoms with Gasteiger partial charge in [0.15, 0.2) is 11.4 Å². The van der Waals surface area contributed by atoms with Crippen molar-refractivity contribution >= 4 is 11.8 Å². The van der Waals surface area contributed by atoms with E-state index in [1.807, 2.05) is 0 Å². The predicted octanol–water partition coefficient (Wildman–Crippen LogP) is 1.47. The van der Waals surface area contributed by atoms with Gasteiger partial charge in [-0.15, -0.1) is 0 Å². The van der Waals surface area contributed by atoms with Crippen LogP contribution in [0.5, 0.6) is 0 Å². The van der Waals surface area contributed by atoms with E-state index in [0.29, 0.717) is 5.57 Å². The third kappa shape index (κ3) is 2.86. The third-order valence-corrected chi connectivity index (χ3v) is 1.54. The summed E-state index contributed by atoms with van der Waals surface area (Å²) in [6.45, 7) is 9.44. The molecule has 0 rings (SSSR count). The first-order valence-corrected chi connectivity index (χ1v) is 3.67. The Morgan fingerprint density at radius 1 is 1.25 bits per heavy atom. The fourth-order valence-corrected chi connectivity index (χ4v) is 0.391. The maximum Gasteiger partial charge on any atom is 0.334 e. The van der Waals surface area contributed by atoms with Crippen molar-refractivity contribution in [2.75, 3.05) is 0 Å². The molecule has 0 aromatic rings. The average molecular weight is 170 g/mol. The van der Waals surface area contributed by atoms with Crippen molar-refractivity contribution < 1.29 is 14.3 Å². The molecule has 12 heavy (non-hydrogen) atoms. The van der Waals surface area contributed by atoms with Gasteiger partial charge in [-0.2, -0.15) is 0 Å². The summed E-state index contributed by atoms with van der Waals surface area (Å²) in [5.41, 5.74) is -0.750. The van der Waals surface area contributed by atoms with Gasteiger partial charge in [-0.1, -0.05) is 6.58 Å². The second kappa shape index (κ2) is 3.52. The standard InChI is InChI=1S/C9H14O3/c1-6(2)8(11)12-9(4,5)7(3)10/h1H2,2-5H3. The van der Waals surface area contributed by atoms with Gasteiger partial charge in [0.2, 0.25) is 0 Å². The molecule has 0 N–H and O–H groups in total. The van der Waals surface area contributed by atoms with Gasteiger partial charge in [0.1, 0.15) is 0 Å². The van der Waals surface area contributed by atoms with Crippen LogP contribution in [0, 0.1) is 0 Å². The quantitative estimate of drug-likeness (QED) is 0.476. The zero-order chi connectivity index (χ0) is 9.94. The molecule has 0 saturated heterocycles. The molecule has 0 bridgehead atoms. The van der Waals surface area contributed by atoms with Crippen molar-refractivity contribution in [1.82, 2.24) is 0 Å². The summed E-state index contributed by atoms with van der Waals surface area (Å²) in [7, 11) is 0. The molecular formula is C9H14O3.